The molecular formula is C17H16ClN3OS. The first kappa shape index (κ1) is 15.8. The van der Waals surface area contributed by atoms with Crippen LogP contribution in [-0.2, 0) is 18.3 Å². The van der Waals surface area contributed by atoms with Crippen molar-refractivity contribution in [2.75, 3.05) is 0 Å². The van der Waals surface area contributed by atoms with E-state index >= 15 is 0 Å². The van der Waals surface area contributed by atoms with E-state index in [1.54, 1.807) is 17.5 Å². The average Bonchev–Trinajstić information content (AvgIpc) is 3.18. The first-order valence-corrected chi connectivity index (χ1v) is 8.48. The minimum atomic E-state index is -0.307. The zero-order valence-electron chi connectivity index (χ0n) is 12.6. The Labute approximate surface area is 143 Å². The van der Waals surface area contributed by atoms with Gasteiger partial charge >= 0.3 is 0 Å². The second kappa shape index (κ2) is 6.98. The van der Waals surface area contributed by atoms with Gasteiger partial charge in [-0.15, -0.1) is 0 Å². The molecule has 3 aromatic rings. The summed E-state index contributed by atoms with van der Waals surface area (Å²) in [5.74, 6) is 0.748. The van der Waals surface area contributed by atoms with Crippen LogP contribution in [-0.4, -0.2) is 15.5 Å². The normalized spacial score (nSPS) is 12.1. The summed E-state index contributed by atoms with van der Waals surface area (Å²) in [6.07, 6.45) is 3.95. The van der Waals surface area contributed by atoms with Crippen LogP contribution in [0.3, 0.4) is 0 Å². The highest BCUT2D eigenvalue weighted by Crippen LogP contribution is 2.22. The van der Waals surface area contributed by atoms with Gasteiger partial charge in [-0.25, -0.2) is 4.98 Å². The molecule has 0 spiro atoms. The van der Waals surface area contributed by atoms with Crippen molar-refractivity contribution in [3.8, 4) is 0 Å². The summed E-state index contributed by atoms with van der Waals surface area (Å²) >= 11 is 7.55. The van der Waals surface area contributed by atoms with Crippen LogP contribution in [0.1, 0.15) is 23.0 Å². The number of nitrogens with one attached hydrogen (secondary N) is 1. The van der Waals surface area contributed by atoms with Crippen LogP contribution in [0.5, 0.6) is 0 Å². The number of aryl methyl sites for hydroxylation is 1. The first-order valence-electron chi connectivity index (χ1n) is 7.16. The molecule has 0 saturated carbocycles. The van der Waals surface area contributed by atoms with Gasteiger partial charge in [0.1, 0.15) is 11.9 Å². The number of rotatable bonds is 5. The smallest absolute Gasteiger partial charge is 0.225 e. The van der Waals surface area contributed by atoms with E-state index in [1.165, 1.54) is 0 Å². The Morgan fingerprint density at radius 1 is 1.35 bits per heavy atom. The van der Waals surface area contributed by atoms with Crippen LogP contribution < -0.4 is 5.32 Å². The summed E-state index contributed by atoms with van der Waals surface area (Å²) in [4.78, 5) is 16.8. The van der Waals surface area contributed by atoms with Crippen molar-refractivity contribution >= 4 is 28.8 Å². The Balaban J connectivity index is 1.85. The van der Waals surface area contributed by atoms with E-state index in [2.05, 4.69) is 10.3 Å². The summed E-state index contributed by atoms with van der Waals surface area (Å²) < 4.78 is 1.91. The SMILES string of the molecule is Cn1ccnc1C(NC(=O)Cc1ccsc1)c1ccc(Cl)cc1. The number of aromatic nitrogens is 2. The number of benzene rings is 1. The minimum Gasteiger partial charge on any atom is -0.342 e. The fourth-order valence-electron chi connectivity index (χ4n) is 2.40. The maximum Gasteiger partial charge on any atom is 0.225 e. The van der Waals surface area contributed by atoms with Crippen LogP contribution >= 0.6 is 22.9 Å². The molecule has 118 valence electrons. The molecule has 1 atom stereocenters. The number of carbonyl (C=O) groups is 1. The highest BCUT2D eigenvalue weighted by Gasteiger charge is 2.20. The highest BCUT2D eigenvalue weighted by atomic mass is 35.5. The molecule has 4 nitrogen and oxygen atoms in total. The lowest BCUT2D eigenvalue weighted by atomic mass is 10.1. The van der Waals surface area contributed by atoms with Crippen LogP contribution in [0.25, 0.3) is 0 Å². The number of carbonyl (C=O) groups excluding carboxylic acids is 1. The summed E-state index contributed by atoms with van der Waals surface area (Å²) in [6, 6.07) is 9.11. The molecule has 0 saturated heterocycles. The largest absolute Gasteiger partial charge is 0.342 e. The topological polar surface area (TPSA) is 46.9 Å². The Morgan fingerprint density at radius 3 is 2.74 bits per heavy atom. The molecule has 2 aromatic heterocycles. The van der Waals surface area contributed by atoms with Crippen molar-refractivity contribution in [1.82, 2.24) is 14.9 Å². The van der Waals surface area contributed by atoms with Crippen molar-refractivity contribution in [2.45, 2.75) is 12.5 Å². The van der Waals surface area contributed by atoms with Gasteiger partial charge in [0.25, 0.3) is 0 Å². The summed E-state index contributed by atoms with van der Waals surface area (Å²) in [5.41, 5.74) is 1.96. The molecule has 0 aliphatic carbocycles. The number of amides is 1. The molecule has 0 bridgehead atoms. The van der Waals surface area contributed by atoms with E-state index in [9.17, 15) is 4.79 Å². The van der Waals surface area contributed by atoms with E-state index < -0.39 is 0 Å². The Bertz CT molecular complexity index is 781. The molecule has 23 heavy (non-hydrogen) atoms. The predicted octanol–water partition coefficient (Wildman–Crippen LogP) is 3.58. The molecule has 2 heterocycles. The van der Waals surface area contributed by atoms with Gasteiger partial charge in [-0.2, -0.15) is 11.3 Å². The van der Waals surface area contributed by atoms with Crippen LogP contribution in [0, 0.1) is 0 Å². The predicted molar refractivity (Wildman–Crippen MR) is 92.7 cm³/mol. The maximum absolute atomic E-state index is 12.4. The minimum absolute atomic E-state index is 0.0358. The van der Waals surface area contributed by atoms with Crippen molar-refractivity contribution in [3.63, 3.8) is 0 Å². The standard InChI is InChI=1S/C17H16ClN3OS/c1-21-8-7-19-17(21)16(13-2-4-14(18)5-3-13)20-15(22)10-12-6-9-23-11-12/h2-9,11,16H,10H2,1H3,(H,20,22). The van der Waals surface area contributed by atoms with Gasteiger partial charge in [-0.3, -0.25) is 4.79 Å². The van der Waals surface area contributed by atoms with Crippen LogP contribution in [0.15, 0.2) is 53.5 Å². The quantitative estimate of drug-likeness (QED) is 0.768. The fraction of sp³-hybridized carbons (Fsp3) is 0.176. The third-order valence-electron chi connectivity index (χ3n) is 3.57. The fourth-order valence-corrected chi connectivity index (χ4v) is 3.19. The number of hydrogen-bond acceptors (Lipinski definition) is 3. The third-order valence-corrected chi connectivity index (χ3v) is 4.55. The van der Waals surface area contributed by atoms with Crippen molar-refractivity contribution in [2.24, 2.45) is 7.05 Å². The molecule has 1 aromatic carbocycles. The number of halogens is 1. The van der Waals surface area contributed by atoms with Crippen LogP contribution in [0.4, 0.5) is 0 Å². The second-order valence-corrected chi connectivity index (χ2v) is 6.47. The van der Waals surface area contributed by atoms with Crippen LogP contribution in [0.2, 0.25) is 5.02 Å². The molecule has 0 fully saturated rings. The summed E-state index contributed by atoms with van der Waals surface area (Å²) in [7, 11) is 1.91. The third kappa shape index (κ3) is 3.81. The molecule has 0 aliphatic heterocycles. The Hall–Kier alpha value is -2.11. The summed E-state index contributed by atoms with van der Waals surface area (Å²) in [6.45, 7) is 0. The lowest BCUT2D eigenvalue weighted by Crippen LogP contribution is -2.32. The van der Waals surface area contributed by atoms with Crippen molar-refractivity contribution in [1.29, 1.82) is 0 Å². The molecule has 0 aliphatic rings. The Kier molecular flexibility index (Phi) is 4.79. The number of thiophene rings is 1. The van der Waals surface area contributed by atoms with Gasteiger partial charge in [0.05, 0.1) is 6.42 Å². The van der Waals surface area contributed by atoms with Crippen molar-refractivity contribution < 1.29 is 4.79 Å². The number of hydrogen-bond donors (Lipinski definition) is 1. The van der Waals surface area contributed by atoms with Gasteiger partial charge in [-0.1, -0.05) is 23.7 Å². The second-order valence-electron chi connectivity index (χ2n) is 5.26. The van der Waals surface area contributed by atoms with Crippen molar-refractivity contribution in [3.05, 3.63) is 75.5 Å². The zero-order valence-corrected chi connectivity index (χ0v) is 14.1. The van der Waals surface area contributed by atoms with E-state index in [4.69, 9.17) is 11.6 Å². The molecule has 1 amide bonds. The lowest BCUT2D eigenvalue weighted by Gasteiger charge is -2.19. The highest BCUT2D eigenvalue weighted by molar-refractivity contribution is 7.08. The number of imidazole rings is 1. The summed E-state index contributed by atoms with van der Waals surface area (Å²) in [5, 5.41) is 7.69. The zero-order chi connectivity index (χ0) is 16.2. The molecule has 3 rings (SSSR count). The van der Waals surface area contributed by atoms with E-state index in [0.29, 0.717) is 11.4 Å². The average molecular weight is 346 g/mol. The van der Waals surface area contributed by atoms with Gasteiger partial charge in [0.15, 0.2) is 0 Å². The van der Waals surface area contributed by atoms with Gasteiger partial charge in [0, 0.05) is 24.5 Å². The Morgan fingerprint density at radius 2 is 2.13 bits per heavy atom. The monoisotopic (exact) mass is 345 g/mol. The molecular weight excluding hydrogens is 330 g/mol. The lowest BCUT2D eigenvalue weighted by molar-refractivity contribution is -0.121. The molecule has 1 unspecified atom stereocenters. The van der Waals surface area contributed by atoms with E-state index in [-0.39, 0.29) is 11.9 Å². The van der Waals surface area contributed by atoms with Gasteiger partial charge < -0.3 is 9.88 Å². The first-order chi connectivity index (χ1) is 11.1. The van der Waals surface area contributed by atoms with Gasteiger partial charge in [-0.05, 0) is 40.1 Å². The maximum atomic E-state index is 12.4. The molecule has 0 radical (unpaired) electrons. The molecule has 1 N–H and O–H groups in total. The van der Waals surface area contributed by atoms with Gasteiger partial charge in [0.2, 0.25) is 5.91 Å². The van der Waals surface area contributed by atoms with E-state index in [0.717, 1.165) is 17.0 Å². The number of nitrogens with zero attached hydrogens (tertiary/aromatic N) is 2. The van der Waals surface area contributed by atoms with E-state index in [1.807, 2.05) is 58.9 Å². The molecule has 6 heteroatoms.